The molecule has 0 atom stereocenters. The van der Waals surface area contributed by atoms with E-state index in [1.807, 2.05) is 0 Å². The third kappa shape index (κ3) is 6.10. The SMILES string of the molecule is CCOC(=O)CNC(C)(C)C=NO. The summed E-state index contributed by atoms with van der Waals surface area (Å²) in [4.78, 5) is 10.9. The minimum Gasteiger partial charge on any atom is -0.465 e. The van der Waals surface area contributed by atoms with E-state index in [4.69, 9.17) is 9.94 Å². The molecule has 0 aliphatic heterocycles. The van der Waals surface area contributed by atoms with Crippen molar-refractivity contribution < 1.29 is 14.7 Å². The van der Waals surface area contributed by atoms with E-state index < -0.39 is 5.54 Å². The van der Waals surface area contributed by atoms with Crippen LogP contribution in [-0.2, 0) is 9.53 Å². The summed E-state index contributed by atoms with van der Waals surface area (Å²) in [5.41, 5.74) is -0.512. The quantitative estimate of drug-likeness (QED) is 0.283. The van der Waals surface area contributed by atoms with Gasteiger partial charge in [0.25, 0.3) is 0 Å². The van der Waals surface area contributed by atoms with E-state index >= 15 is 0 Å². The van der Waals surface area contributed by atoms with Gasteiger partial charge >= 0.3 is 5.97 Å². The van der Waals surface area contributed by atoms with Crippen LogP contribution < -0.4 is 5.32 Å². The summed E-state index contributed by atoms with van der Waals surface area (Å²) in [6.45, 7) is 5.79. The van der Waals surface area contributed by atoms with Crippen molar-refractivity contribution in [3.8, 4) is 0 Å². The van der Waals surface area contributed by atoms with Crippen molar-refractivity contribution in [1.29, 1.82) is 0 Å². The largest absolute Gasteiger partial charge is 0.465 e. The molecule has 0 bridgehead atoms. The van der Waals surface area contributed by atoms with Gasteiger partial charge in [-0.05, 0) is 20.8 Å². The van der Waals surface area contributed by atoms with E-state index in [0.29, 0.717) is 6.61 Å². The van der Waals surface area contributed by atoms with Gasteiger partial charge in [-0.3, -0.25) is 10.1 Å². The third-order valence-electron chi connectivity index (χ3n) is 1.37. The fourth-order valence-corrected chi connectivity index (χ4v) is 0.702. The molecule has 76 valence electrons. The number of carbonyl (C=O) groups is 1. The lowest BCUT2D eigenvalue weighted by Gasteiger charge is -2.19. The predicted octanol–water partition coefficient (Wildman–Crippen LogP) is 0.378. The molecular weight excluding hydrogens is 172 g/mol. The molecule has 2 N–H and O–H groups in total. The predicted molar refractivity (Wildman–Crippen MR) is 49.0 cm³/mol. The maximum absolute atomic E-state index is 10.9. The van der Waals surface area contributed by atoms with Crippen LogP contribution in [0.3, 0.4) is 0 Å². The lowest BCUT2D eigenvalue weighted by molar-refractivity contribution is -0.142. The molecule has 0 saturated carbocycles. The van der Waals surface area contributed by atoms with Gasteiger partial charge in [-0.1, -0.05) is 0 Å². The zero-order chi connectivity index (χ0) is 10.3. The number of rotatable bonds is 5. The second kappa shape index (κ2) is 5.53. The standard InChI is InChI=1S/C8H16N2O3/c1-4-13-7(11)5-9-8(2,3)6-10-12/h6,9,12H,4-5H2,1-3H3. The minimum atomic E-state index is -0.512. The zero-order valence-electron chi connectivity index (χ0n) is 8.20. The van der Waals surface area contributed by atoms with Crippen LogP contribution in [0.4, 0.5) is 0 Å². The Kier molecular flexibility index (Phi) is 5.06. The molecular formula is C8H16N2O3. The molecule has 0 unspecified atom stereocenters. The molecule has 0 spiro atoms. The van der Waals surface area contributed by atoms with Gasteiger partial charge in [-0.15, -0.1) is 5.16 Å². The van der Waals surface area contributed by atoms with Crippen molar-refractivity contribution in [1.82, 2.24) is 5.32 Å². The van der Waals surface area contributed by atoms with Gasteiger partial charge in [-0.2, -0.15) is 0 Å². The maximum Gasteiger partial charge on any atom is 0.319 e. The first kappa shape index (κ1) is 11.9. The van der Waals surface area contributed by atoms with Crippen LogP contribution in [0.15, 0.2) is 5.16 Å². The Morgan fingerprint density at radius 3 is 2.77 bits per heavy atom. The number of nitrogens with zero attached hydrogens (tertiary/aromatic N) is 1. The average molecular weight is 188 g/mol. The Bertz CT molecular complexity index is 190. The highest BCUT2D eigenvalue weighted by atomic mass is 16.5. The molecule has 13 heavy (non-hydrogen) atoms. The van der Waals surface area contributed by atoms with Crippen LogP contribution in [0.5, 0.6) is 0 Å². The van der Waals surface area contributed by atoms with Crippen molar-refractivity contribution in [3.63, 3.8) is 0 Å². The molecule has 0 aliphatic carbocycles. The molecule has 0 saturated heterocycles. The highest BCUT2D eigenvalue weighted by Gasteiger charge is 2.15. The Morgan fingerprint density at radius 1 is 1.69 bits per heavy atom. The van der Waals surface area contributed by atoms with Gasteiger partial charge in [0.15, 0.2) is 0 Å². The van der Waals surface area contributed by atoms with Crippen molar-refractivity contribution in [2.24, 2.45) is 5.16 Å². The molecule has 0 aliphatic rings. The van der Waals surface area contributed by atoms with E-state index in [2.05, 4.69) is 10.5 Å². The topological polar surface area (TPSA) is 70.9 Å². The maximum atomic E-state index is 10.9. The minimum absolute atomic E-state index is 0.104. The van der Waals surface area contributed by atoms with Gasteiger partial charge in [0, 0.05) is 0 Å². The summed E-state index contributed by atoms with van der Waals surface area (Å²) < 4.78 is 4.71. The lowest BCUT2D eigenvalue weighted by atomic mass is 10.1. The van der Waals surface area contributed by atoms with Gasteiger partial charge in [0.2, 0.25) is 0 Å². The molecule has 0 fully saturated rings. The average Bonchev–Trinajstić information content (AvgIpc) is 2.02. The van der Waals surface area contributed by atoms with Gasteiger partial charge in [0.05, 0.1) is 24.9 Å². The summed E-state index contributed by atoms with van der Waals surface area (Å²) in [5.74, 6) is -0.318. The molecule has 0 aromatic heterocycles. The van der Waals surface area contributed by atoms with Crippen LogP contribution >= 0.6 is 0 Å². The first-order valence-electron chi connectivity index (χ1n) is 4.11. The fraction of sp³-hybridized carbons (Fsp3) is 0.750. The molecule has 0 aromatic rings. The number of esters is 1. The molecule has 5 nitrogen and oxygen atoms in total. The summed E-state index contributed by atoms with van der Waals surface area (Å²) >= 11 is 0. The van der Waals surface area contributed by atoms with Crippen LogP contribution in [0, 0.1) is 0 Å². The second-order valence-electron chi connectivity index (χ2n) is 3.12. The van der Waals surface area contributed by atoms with Crippen LogP contribution in [0.1, 0.15) is 20.8 Å². The highest BCUT2D eigenvalue weighted by molar-refractivity contribution is 5.74. The number of oxime groups is 1. The number of hydrogen-bond acceptors (Lipinski definition) is 5. The van der Waals surface area contributed by atoms with Gasteiger partial charge in [-0.25, -0.2) is 0 Å². The van der Waals surface area contributed by atoms with E-state index in [1.54, 1.807) is 20.8 Å². The molecule has 0 amide bonds. The number of nitrogens with one attached hydrogen (secondary N) is 1. The Labute approximate surface area is 77.8 Å². The van der Waals surface area contributed by atoms with Gasteiger partial charge in [0.1, 0.15) is 0 Å². The number of hydrogen-bond donors (Lipinski definition) is 2. The first-order chi connectivity index (χ1) is 6.02. The Hall–Kier alpha value is -1.10. The summed E-state index contributed by atoms with van der Waals surface area (Å²) in [7, 11) is 0. The van der Waals surface area contributed by atoms with Crippen molar-refractivity contribution in [2.75, 3.05) is 13.2 Å². The lowest BCUT2D eigenvalue weighted by Crippen LogP contribution is -2.44. The van der Waals surface area contributed by atoms with Crippen molar-refractivity contribution in [3.05, 3.63) is 0 Å². The summed E-state index contributed by atoms with van der Waals surface area (Å²) in [5, 5.41) is 14.0. The Morgan fingerprint density at radius 2 is 2.31 bits per heavy atom. The number of ether oxygens (including phenoxy) is 1. The first-order valence-corrected chi connectivity index (χ1v) is 4.11. The summed E-state index contributed by atoms with van der Waals surface area (Å²) in [6, 6.07) is 0. The Balaban J connectivity index is 3.80. The van der Waals surface area contributed by atoms with E-state index in [-0.39, 0.29) is 12.5 Å². The van der Waals surface area contributed by atoms with Crippen LogP contribution in [-0.4, -0.2) is 36.1 Å². The second-order valence-corrected chi connectivity index (χ2v) is 3.12. The summed E-state index contributed by atoms with van der Waals surface area (Å²) in [6.07, 6.45) is 1.31. The van der Waals surface area contributed by atoms with E-state index in [0.717, 1.165) is 0 Å². The third-order valence-corrected chi connectivity index (χ3v) is 1.37. The zero-order valence-corrected chi connectivity index (χ0v) is 8.20. The van der Waals surface area contributed by atoms with Crippen LogP contribution in [0.2, 0.25) is 0 Å². The monoisotopic (exact) mass is 188 g/mol. The van der Waals surface area contributed by atoms with Crippen LogP contribution in [0.25, 0.3) is 0 Å². The number of carbonyl (C=O) groups excluding carboxylic acids is 1. The highest BCUT2D eigenvalue weighted by Crippen LogP contribution is 1.96. The normalized spacial score (nSPS) is 11.9. The molecule has 5 heteroatoms. The van der Waals surface area contributed by atoms with Gasteiger partial charge < -0.3 is 9.94 Å². The van der Waals surface area contributed by atoms with E-state index in [1.165, 1.54) is 6.21 Å². The molecule has 0 aromatic carbocycles. The fourth-order valence-electron chi connectivity index (χ4n) is 0.702. The van der Waals surface area contributed by atoms with Crippen molar-refractivity contribution in [2.45, 2.75) is 26.3 Å². The molecule has 0 radical (unpaired) electrons. The van der Waals surface area contributed by atoms with E-state index in [9.17, 15) is 4.79 Å². The smallest absolute Gasteiger partial charge is 0.319 e. The molecule has 0 rings (SSSR count). The molecule has 0 heterocycles. The van der Waals surface area contributed by atoms with Crippen molar-refractivity contribution >= 4 is 12.2 Å².